The van der Waals surface area contributed by atoms with Crippen molar-refractivity contribution in [3.05, 3.63) is 117 Å². The molecule has 4 aromatic rings. The van der Waals surface area contributed by atoms with Gasteiger partial charge in [0.05, 0.1) is 5.56 Å². The van der Waals surface area contributed by atoms with E-state index in [0.717, 1.165) is 25.7 Å². The molecule has 0 saturated carbocycles. The molecule has 0 spiro atoms. The van der Waals surface area contributed by atoms with Crippen molar-refractivity contribution in [3.63, 3.8) is 0 Å². The number of benzene rings is 4. The number of phenolic OH excluding ortho intramolecular Hbond substituents is 1. The summed E-state index contributed by atoms with van der Waals surface area (Å²) in [7, 11) is 0. The van der Waals surface area contributed by atoms with E-state index in [4.69, 9.17) is 14.6 Å². The van der Waals surface area contributed by atoms with Crippen LogP contribution in [0, 0.1) is 0 Å². The lowest BCUT2D eigenvalue weighted by molar-refractivity contribution is 0.0692. The van der Waals surface area contributed by atoms with Crippen molar-refractivity contribution >= 4 is 23.3 Å². The van der Waals surface area contributed by atoms with Crippen LogP contribution >= 0.6 is 0 Å². The molecule has 0 atom stereocenters. The summed E-state index contributed by atoms with van der Waals surface area (Å²) in [6.45, 7) is 18.9. The number of carboxylic acid groups (broad SMARTS) is 1. The summed E-state index contributed by atoms with van der Waals surface area (Å²) in [4.78, 5) is 47.7. The standard InChI is InChI=1S/C24H28O4.C23H26O5/c1-15(25)18-8-7-17(13-21(18)26)28-14-22(27)16-6-9-19-20(12-16)24(4,5)11-10-23(19,2)3;1-22(2)9-10-23(3,4)18-11-14(5-8-17(18)22)20(25)13-28-15-6-7-16(21(26)27)19(24)12-15/h6-9,12-13,26H,10-11,14H2,1-5H3;5-8,11-12,24H,9-10,13H2,1-4H3,(H,26,27). The monoisotopic (exact) mass is 762 g/mol. The van der Waals surface area contributed by atoms with Crippen LogP contribution in [0.25, 0.3) is 0 Å². The molecule has 0 unspecified atom stereocenters. The Hall–Kier alpha value is -5.44. The van der Waals surface area contributed by atoms with Crippen LogP contribution in [0.1, 0.15) is 152 Å². The van der Waals surface area contributed by atoms with Crippen molar-refractivity contribution in [3.8, 4) is 23.0 Å². The molecule has 0 aliphatic heterocycles. The summed E-state index contributed by atoms with van der Waals surface area (Å²) in [5.41, 5.74) is 6.54. The second-order valence-corrected chi connectivity index (χ2v) is 17.7. The van der Waals surface area contributed by atoms with E-state index in [1.54, 1.807) is 6.07 Å². The quantitative estimate of drug-likeness (QED) is 0.134. The first kappa shape index (κ1) is 41.7. The highest BCUT2D eigenvalue weighted by molar-refractivity contribution is 5.99. The number of hydrogen-bond donors (Lipinski definition) is 3. The number of carboxylic acids is 1. The predicted molar refractivity (Wildman–Crippen MR) is 216 cm³/mol. The number of ether oxygens (including phenoxy) is 2. The van der Waals surface area contributed by atoms with Crippen LogP contribution < -0.4 is 9.47 Å². The van der Waals surface area contributed by atoms with Gasteiger partial charge >= 0.3 is 5.97 Å². The average molecular weight is 763 g/mol. The number of fused-ring (bicyclic) bond motifs is 2. The van der Waals surface area contributed by atoms with E-state index in [1.807, 2.05) is 24.3 Å². The Morgan fingerprint density at radius 3 is 1.21 bits per heavy atom. The van der Waals surface area contributed by atoms with Crippen LogP contribution in [-0.2, 0) is 21.7 Å². The maximum absolute atomic E-state index is 12.7. The molecular weight excluding hydrogens is 709 g/mol. The third-order valence-electron chi connectivity index (χ3n) is 11.6. The van der Waals surface area contributed by atoms with E-state index in [2.05, 4.69) is 67.5 Å². The number of carbonyl (C=O) groups excluding carboxylic acids is 3. The number of aromatic carboxylic acids is 1. The maximum Gasteiger partial charge on any atom is 0.339 e. The molecule has 56 heavy (non-hydrogen) atoms. The first-order valence-corrected chi connectivity index (χ1v) is 19.0. The molecule has 0 aromatic heterocycles. The van der Waals surface area contributed by atoms with Gasteiger partial charge < -0.3 is 24.8 Å². The summed E-state index contributed by atoms with van der Waals surface area (Å²) >= 11 is 0. The Balaban J connectivity index is 0.000000214. The molecule has 0 radical (unpaired) electrons. The Kier molecular flexibility index (Phi) is 11.6. The largest absolute Gasteiger partial charge is 0.507 e. The van der Waals surface area contributed by atoms with Gasteiger partial charge in [-0.3, -0.25) is 14.4 Å². The van der Waals surface area contributed by atoms with Crippen molar-refractivity contribution in [2.45, 2.75) is 110 Å². The van der Waals surface area contributed by atoms with Crippen LogP contribution in [0.4, 0.5) is 0 Å². The minimum atomic E-state index is -1.22. The fourth-order valence-electron chi connectivity index (χ4n) is 7.67. The lowest BCUT2D eigenvalue weighted by Crippen LogP contribution is -2.34. The summed E-state index contributed by atoms with van der Waals surface area (Å²) in [5, 5.41) is 28.6. The van der Waals surface area contributed by atoms with Gasteiger partial charge in [-0.25, -0.2) is 4.79 Å². The average Bonchev–Trinajstić information content (AvgIpc) is 3.13. The van der Waals surface area contributed by atoms with Gasteiger partial charge in [0.15, 0.2) is 30.6 Å². The smallest absolute Gasteiger partial charge is 0.339 e. The van der Waals surface area contributed by atoms with Crippen LogP contribution in [0.15, 0.2) is 72.8 Å². The molecule has 0 saturated heterocycles. The van der Waals surface area contributed by atoms with Crippen LogP contribution in [0.5, 0.6) is 23.0 Å². The Bertz CT molecular complexity index is 2030. The maximum atomic E-state index is 12.7. The fourth-order valence-corrected chi connectivity index (χ4v) is 7.67. The van der Waals surface area contributed by atoms with Crippen LogP contribution in [0.2, 0.25) is 0 Å². The molecule has 4 aromatic carbocycles. The van der Waals surface area contributed by atoms with E-state index < -0.39 is 11.7 Å². The highest BCUT2D eigenvalue weighted by Gasteiger charge is 2.38. The summed E-state index contributed by atoms with van der Waals surface area (Å²) in [6, 6.07) is 20.2. The van der Waals surface area contributed by atoms with Crippen LogP contribution in [-0.4, -0.2) is 51.9 Å². The van der Waals surface area contributed by atoms with Crippen LogP contribution in [0.3, 0.4) is 0 Å². The molecule has 296 valence electrons. The number of Topliss-reactive ketones (excluding diaryl/α,β-unsaturated/α-hetero) is 3. The van der Waals surface area contributed by atoms with E-state index in [0.29, 0.717) is 16.9 Å². The summed E-state index contributed by atoms with van der Waals surface area (Å²) in [5.74, 6) is -1.66. The Morgan fingerprint density at radius 1 is 0.518 bits per heavy atom. The molecule has 2 aliphatic rings. The van der Waals surface area contributed by atoms with Crippen molar-refractivity contribution in [1.82, 2.24) is 0 Å². The molecule has 6 rings (SSSR count). The molecule has 9 heteroatoms. The second-order valence-electron chi connectivity index (χ2n) is 17.7. The van der Waals surface area contributed by atoms with Gasteiger partial charge in [-0.1, -0.05) is 79.7 Å². The van der Waals surface area contributed by atoms with Gasteiger partial charge in [-0.15, -0.1) is 0 Å². The first-order chi connectivity index (χ1) is 26.0. The van der Waals surface area contributed by atoms with Gasteiger partial charge in [-0.05, 0) is 113 Å². The third-order valence-corrected chi connectivity index (χ3v) is 11.6. The molecule has 0 bridgehead atoms. The van der Waals surface area contributed by atoms with E-state index >= 15 is 0 Å². The van der Waals surface area contributed by atoms with Gasteiger partial charge in [0.1, 0.15) is 28.6 Å². The molecule has 0 fully saturated rings. The van der Waals surface area contributed by atoms with E-state index in [-0.39, 0.29) is 74.8 Å². The normalized spacial score (nSPS) is 16.9. The number of hydrogen-bond acceptors (Lipinski definition) is 8. The predicted octanol–water partition coefficient (Wildman–Crippen LogP) is 9.91. The Labute approximate surface area is 329 Å². The van der Waals surface area contributed by atoms with Gasteiger partial charge in [0.25, 0.3) is 0 Å². The van der Waals surface area contributed by atoms with Gasteiger partial charge in [0, 0.05) is 23.3 Å². The number of carbonyl (C=O) groups is 4. The molecule has 0 heterocycles. The minimum absolute atomic E-state index is 0.0143. The summed E-state index contributed by atoms with van der Waals surface area (Å²) < 4.78 is 11.0. The second kappa shape index (κ2) is 15.6. The highest BCUT2D eigenvalue weighted by atomic mass is 16.5. The van der Waals surface area contributed by atoms with Crippen molar-refractivity contribution in [1.29, 1.82) is 0 Å². The van der Waals surface area contributed by atoms with Gasteiger partial charge in [-0.2, -0.15) is 0 Å². The minimum Gasteiger partial charge on any atom is -0.507 e. The molecule has 2 aliphatic carbocycles. The first-order valence-electron chi connectivity index (χ1n) is 19.0. The number of phenols is 2. The van der Waals surface area contributed by atoms with Crippen molar-refractivity contribution in [2.75, 3.05) is 13.2 Å². The molecule has 0 amide bonds. The summed E-state index contributed by atoms with van der Waals surface area (Å²) in [6.07, 6.45) is 4.39. The number of rotatable bonds is 10. The van der Waals surface area contributed by atoms with Crippen molar-refractivity contribution in [2.24, 2.45) is 0 Å². The lowest BCUT2D eigenvalue weighted by Gasteiger charge is -2.42. The zero-order valence-corrected chi connectivity index (χ0v) is 34.0. The molecule has 3 N–H and O–H groups in total. The number of ketones is 3. The zero-order chi connectivity index (χ0) is 41.4. The number of aromatic hydroxyl groups is 2. The van der Waals surface area contributed by atoms with E-state index in [9.17, 15) is 29.4 Å². The molecular formula is C47H54O9. The van der Waals surface area contributed by atoms with Gasteiger partial charge in [0.2, 0.25) is 0 Å². The molecule has 9 nitrogen and oxygen atoms in total. The topological polar surface area (TPSA) is 147 Å². The van der Waals surface area contributed by atoms with Crippen molar-refractivity contribution < 1.29 is 44.0 Å². The third kappa shape index (κ3) is 8.99. The fraction of sp³-hybridized carbons (Fsp3) is 0.404. The lowest BCUT2D eigenvalue weighted by atomic mass is 9.63. The highest BCUT2D eigenvalue weighted by Crippen LogP contribution is 2.47. The SMILES string of the molecule is CC(=O)c1ccc(OCC(=O)c2ccc3c(c2)C(C)(C)CCC3(C)C)cc1O.CC1(C)CCC(C)(C)c2cc(C(=O)COc3ccc(C(=O)O)c(O)c3)ccc21. The zero-order valence-electron chi connectivity index (χ0n) is 34.0. The van der Waals surface area contributed by atoms with E-state index in [1.165, 1.54) is 59.5 Å². The Morgan fingerprint density at radius 2 is 0.875 bits per heavy atom.